The Hall–Kier alpha value is -1.15. The lowest BCUT2D eigenvalue weighted by Crippen LogP contribution is -2.08. The molecule has 0 aliphatic heterocycles. The van der Waals surface area contributed by atoms with Crippen LogP contribution in [0.4, 0.5) is 0 Å². The van der Waals surface area contributed by atoms with E-state index in [4.69, 9.17) is 4.74 Å². The van der Waals surface area contributed by atoms with E-state index in [9.17, 15) is 9.59 Å². The van der Waals surface area contributed by atoms with Gasteiger partial charge in [-0.05, 0) is 46.2 Å². The normalized spacial score (nSPS) is 28.5. The van der Waals surface area contributed by atoms with Gasteiger partial charge in [0.1, 0.15) is 12.0 Å². The summed E-state index contributed by atoms with van der Waals surface area (Å²) >= 11 is 0. The molecular formula is C12H14NO3P. The number of rotatable bonds is 3. The van der Waals surface area contributed by atoms with Crippen molar-refractivity contribution in [3.05, 3.63) is 23.0 Å². The molecule has 0 aromatic carbocycles. The third-order valence-electron chi connectivity index (χ3n) is 3.84. The van der Waals surface area contributed by atoms with Crippen LogP contribution < -0.4 is 0 Å². The quantitative estimate of drug-likeness (QED) is 0.463. The maximum atomic E-state index is 11.7. The van der Waals surface area contributed by atoms with Gasteiger partial charge in [0.2, 0.25) is 0 Å². The molecular weight excluding hydrogens is 237 g/mol. The number of nitrogens with zero attached hydrogens (tertiary/aromatic N) is 1. The average molecular weight is 251 g/mol. The van der Waals surface area contributed by atoms with E-state index in [1.165, 1.54) is 0 Å². The molecule has 2 aliphatic rings. The molecule has 1 aromatic heterocycles. The van der Waals surface area contributed by atoms with Crippen LogP contribution in [-0.2, 0) is 16.0 Å². The van der Waals surface area contributed by atoms with Crippen LogP contribution >= 0.6 is 9.39 Å². The standard InChI is InChI=1S/C12H14NO3P/c1-2-16-12(15)10-4-7-9(13(10)17)3-6-8(5-14)11(6)7/h4-6,8,11H,2-3,17H2,1H3. The second-order valence-corrected chi connectivity index (χ2v) is 5.15. The van der Waals surface area contributed by atoms with Gasteiger partial charge in [-0.15, -0.1) is 0 Å². The van der Waals surface area contributed by atoms with Gasteiger partial charge >= 0.3 is 5.97 Å². The van der Waals surface area contributed by atoms with Crippen molar-refractivity contribution in [2.24, 2.45) is 11.8 Å². The number of fused-ring (bicyclic) bond motifs is 3. The van der Waals surface area contributed by atoms with E-state index >= 15 is 0 Å². The predicted molar refractivity (Wildman–Crippen MR) is 65.0 cm³/mol. The Labute approximate surface area is 102 Å². The summed E-state index contributed by atoms with van der Waals surface area (Å²) in [4.78, 5) is 22.5. The maximum absolute atomic E-state index is 11.7. The maximum Gasteiger partial charge on any atom is 0.355 e. The SMILES string of the molecule is CCOC(=O)c1cc2c(n1P)CC1C(C=O)C21. The zero-order valence-electron chi connectivity index (χ0n) is 9.55. The van der Waals surface area contributed by atoms with E-state index in [1.54, 1.807) is 6.92 Å². The molecule has 0 saturated heterocycles. The minimum atomic E-state index is -0.295. The summed E-state index contributed by atoms with van der Waals surface area (Å²) in [5.74, 6) is 0.694. The molecule has 4 nitrogen and oxygen atoms in total. The summed E-state index contributed by atoms with van der Waals surface area (Å²) < 4.78 is 6.84. The number of ether oxygens (including phenoxy) is 1. The fourth-order valence-electron chi connectivity index (χ4n) is 2.96. The molecule has 3 rings (SSSR count). The second kappa shape index (κ2) is 3.67. The number of hydrogen-bond donors (Lipinski definition) is 0. The summed E-state index contributed by atoms with van der Waals surface area (Å²) in [5, 5.41) is 0. The molecule has 2 aliphatic carbocycles. The van der Waals surface area contributed by atoms with E-state index in [0.29, 0.717) is 24.1 Å². The zero-order valence-corrected chi connectivity index (χ0v) is 10.7. The van der Waals surface area contributed by atoms with Crippen molar-refractivity contribution >= 4 is 21.6 Å². The topological polar surface area (TPSA) is 48.3 Å². The number of aldehydes is 1. The Morgan fingerprint density at radius 2 is 2.47 bits per heavy atom. The lowest BCUT2D eigenvalue weighted by Gasteiger charge is -2.06. The van der Waals surface area contributed by atoms with Gasteiger partial charge in [0.05, 0.1) is 6.61 Å². The summed E-state index contributed by atoms with van der Waals surface area (Å²) in [7, 11) is 2.56. The van der Waals surface area contributed by atoms with Gasteiger partial charge < -0.3 is 13.9 Å². The first kappa shape index (κ1) is 11.0. The smallest absolute Gasteiger partial charge is 0.355 e. The lowest BCUT2D eigenvalue weighted by atomic mass is 10.1. The minimum Gasteiger partial charge on any atom is -0.461 e. The Kier molecular flexibility index (Phi) is 2.37. The number of carbonyl (C=O) groups excluding carboxylic acids is 2. The number of aromatic nitrogens is 1. The molecule has 1 saturated carbocycles. The van der Waals surface area contributed by atoms with Crippen molar-refractivity contribution in [1.29, 1.82) is 0 Å². The molecule has 90 valence electrons. The highest BCUT2D eigenvalue weighted by molar-refractivity contribution is 7.14. The fourth-order valence-corrected chi connectivity index (χ4v) is 3.40. The lowest BCUT2D eigenvalue weighted by molar-refractivity contribution is -0.109. The zero-order chi connectivity index (χ0) is 12.2. The van der Waals surface area contributed by atoms with Crippen molar-refractivity contribution in [2.45, 2.75) is 19.3 Å². The van der Waals surface area contributed by atoms with Crippen LogP contribution in [0, 0.1) is 11.8 Å². The third-order valence-corrected chi connectivity index (χ3v) is 4.42. The molecule has 0 radical (unpaired) electrons. The summed E-state index contributed by atoms with van der Waals surface area (Å²) in [5.41, 5.74) is 2.88. The molecule has 4 atom stereocenters. The van der Waals surface area contributed by atoms with Gasteiger partial charge in [0, 0.05) is 11.6 Å². The molecule has 0 bridgehead atoms. The highest BCUT2D eigenvalue weighted by atomic mass is 31.0. The molecule has 1 fully saturated rings. The van der Waals surface area contributed by atoms with Crippen LogP contribution in [0.25, 0.3) is 0 Å². The van der Waals surface area contributed by atoms with Crippen molar-refractivity contribution in [2.75, 3.05) is 6.61 Å². The first-order valence-electron chi connectivity index (χ1n) is 5.81. The number of esters is 1. The number of carbonyl (C=O) groups is 2. The fraction of sp³-hybridized carbons (Fsp3) is 0.500. The molecule has 1 aromatic rings. The molecule has 0 amide bonds. The largest absolute Gasteiger partial charge is 0.461 e. The van der Waals surface area contributed by atoms with Crippen LogP contribution in [0.2, 0.25) is 0 Å². The molecule has 4 unspecified atom stereocenters. The Balaban J connectivity index is 1.93. The van der Waals surface area contributed by atoms with Crippen LogP contribution in [0.5, 0.6) is 0 Å². The Morgan fingerprint density at radius 1 is 1.71 bits per heavy atom. The van der Waals surface area contributed by atoms with Crippen molar-refractivity contribution in [3.8, 4) is 0 Å². The predicted octanol–water partition coefficient (Wildman–Crippen LogP) is 1.39. The van der Waals surface area contributed by atoms with Crippen molar-refractivity contribution in [3.63, 3.8) is 0 Å². The molecule has 5 heteroatoms. The molecule has 0 N–H and O–H groups in total. The summed E-state index contributed by atoms with van der Waals surface area (Å²) in [6.45, 7) is 2.17. The van der Waals surface area contributed by atoms with Crippen LogP contribution in [0.15, 0.2) is 6.07 Å². The first-order valence-corrected chi connectivity index (χ1v) is 6.32. The van der Waals surface area contributed by atoms with E-state index in [0.717, 1.165) is 24.0 Å². The van der Waals surface area contributed by atoms with E-state index in [2.05, 4.69) is 9.39 Å². The van der Waals surface area contributed by atoms with E-state index < -0.39 is 0 Å². The molecule has 0 spiro atoms. The van der Waals surface area contributed by atoms with Gasteiger partial charge in [0.25, 0.3) is 0 Å². The summed E-state index contributed by atoms with van der Waals surface area (Å²) in [6.07, 6.45) is 1.94. The third kappa shape index (κ3) is 1.40. The first-order chi connectivity index (χ1) is 8.19. The number of hydrogen-bond acceptors (Lipinski definition) is 3. The van der Waals surface area contributed by atoms with Gasteiger partial charge in [-0.3, -0.25) is 0 Å². The monoisotopic (exact) mass is 251 g/mol. The summed E-state index contributed by atoms with van der Waals surface area (Å²) in [6, 6.07) is 1.88. The molecule has 1 heterocycles. The molecule has 17 heavy (non-hydrogen) atoms. The van der Waals surface area contributed by atoms with Gasteiger partial charge in [0.15, 0.2) is 0 Å². The van der Waals surface area contributed by atoms with E-state index in [1.807, 2.05) is 10.4 Å². The second-order valence-electron chi connectivity index (χ2n) is 4.63. The minimum absolute atomic E-state index is 0.171. The van der Waals surface area contributed by atoms with Gasteiger partial charge in [-0.2, -0.15) is 0 Å². The van der Waals surface area contributed by atoms with Crippen molar-refractivity contribution in [1.82, 2.24) is 4.34 Å². The van der Waals surface area contributed by atoms with Crippen molar-refractivity contribution < 1.29 is 14.3 Å². The highest BCUT2D eigenvalue weighted by Crippen LogP contribution is 2.61. The van der Waals surface area contributed by atoms with Crippen LogP contribution in [0.3, 0.4) is 0 Å². The van der Waals surface area contributed by atoms with E-state index in [-0.39, 0.29) is 11.9 Å². The Bertz CT molecular complexity index is 508. The van der Waals surface area contributed by atoms with Crippen LogP contribution in [-0.4, -0.2) is 23.2 Å². The van der Waals surface area contributed by atoms with Gasteiger partial charge in [-0.25, -0.2) is 4.79 Å². The van der Waals surface area contributed by atoms with Crippen LogP contribution in [0.1, 0.15) is 34.6 Å². The van der Waals surface area contributed by atoms with Gasteiger partial charge in [-0.1, -0.05) is 0 Å². The highest BCUT2D eigenvalue weighted by Gasteiger charge is 2.57. The Morgan fingerprint density at radius 3 is 3.12 bits per heavy atom. The average Bonchev–Trinajstić information content (AvgIpc) is 2.71.